The lowest BCUT2D eigenvalue weighted by Gasteiger charge is -2.08. The summed E-state index contributed by atoms with van der Waals surface area (Å²) in [6.45, 7) is 6.21. The number of halogens is 1. The van der Waals surface area contributed by atoms with Crippen molar-refractivity contribution in [3.8, 4) is 0 Å². The van der Waals surface area contributed by atoms with Gasteiger partial charge < -0.3 is 10.6 Å². The molecule has 0 radical (unpaired) electrons. The molecule has 1 amide bonds. The Morgan fingerprint density at radius 2 is 1.93 bits per heavy atom. The highest BCUT2D eigenvalue weighted by Gasteiger charge is 2.11. The Labute approximate surface area is 177 Å². The highest BCUT2D eigenvalue weighted by molar-refractivity contribution is 8.01. The van der Waals surface area contributed by atoms with Crippen molar-refractivity contribution in [3.05, 3.63) is 58.6 Å². The Hall–Kier alpha value is -2.09. The minimum atomic E-state index is -0.107. The molecule has 0 fully saturated rings. The molecule has 3 rings (SSSR count). The predicted octanol–water partition coefficient (Wildman–Crippen LogP) is 6.10. The van der Waals surface area contributed by atoms with E-state index in [1.807, 2.05) is 31.2 Å². The molecule has 8 heteroatoms. The summed E-state index contributed by atoms with van der Waals surface area (Å²) in [6.07, 6.45) is 0. The summed E-state index contributed by atoms with van der Waals surface area (Å²) in [5.74, 6) is 0.647. The van der Waals surface area contributed by atoms with Crippen LogP contribution in [0.3, 0.4) is 0 Å². The number of carbonyl (C=O) groups is 1. The SMILES string of the molecule is Cc1c(Cl)cccc1NC(=O)CSc1nnc(Nc2ccc(C(C)C)cc2)s1. The molecule has 0 aliphatic carbocycles. The second kappa shape index (κ2) is 9.41. The van der Waals surface area contributed by atoms with E-state index in [0.29, 0.717) is 16.1 Å². The minimum absolute atomic E-state index is 0.107. The fourth-order valence-corrected chi connectivity index (χ4v) is 4.20. The van der Waals surface area contributed by atoms with Gasteiger partial charge in [0.05, 0.1) is 5.75 Å². The molecule has 0 saturated heterocycles. The van der Waals surface area contributed by atoms with Crippen LogP contribution in [0.1, 0.15) is 30.9 Å². The summed E-state index contributed by atoms with van der Waals surface area (Å²) in [6, 6.07) is 13.7. The number of hydrogen-bond donors (Lipinski definition) is 2. The van der Waals surface area contributed by atoms with Crippen LogP contribution in [0.4, 0.5) is 16.5 Å². The number of carbonyl (C=O) groups excluding carboxylic acids is 1. The van der Waals surface area contributed by atoms with E-state index in [9.17, 15) is 4.79 Å². The molecule has 0 aliphatic rings. The Morgan fingerprint density at radius 3 is 2.64 bits per heavy atom. The van der Waals surface area contributed by atoms with Crippen LogP contribution in [0.2, 0.25) is 5.02 Å². The van der Waals surface area contributed by atoms with Crippen molar-refractivity contribution in [1.29, 1.82) is 0 Å². The van der Waals surface area contributed by atoms with Crippen molar-refractivity contribution in [2.75, 3.05) is 16.4 Å². The van der Waals surface area contributed by atoms with Crippen LogP contribution in [0.25, 0.3) is 0 Å². The molecule has 0 bridgehead atoms. The third kappa shape index (κ3) is 5.47. The first-order valence-electron chi connectivity index (χ1n) is 8.80. The molecule has 28 heavy (non-hydrogen) atoms. The van der Waals surface area contributed by atoms with E-state index >= 15 is 0 Å². The molecule has 5 nitrogen and oxygen atoms in total. The van der Waals surface area contributed by atoms with Gasteiger partial charge in [0, 0.05) is 16.4 Å². The van der Waals surface area contributed by atoms with Gasteiger partial charge in [-0.05, 0) is 48.2 Å². The molecular formula is C20H21ClN4OS2. The maximum Gasteiger partial charge on any atom is 0.234 e. The number of amides is 1. The lowest BCUT2D eigenvalue weighted by Crippen LogP contribution is -2.14. The minimum Gasteiger partial charge on any atom is -0.330 e. The molecular weight excluding hydrogens is 412 g/mol. The van der Waals surface area contributed by atoms with E-state index in [1.165, 1.54) is 28.7 Å². The van der Waals surface area contributed by atoms with E-state index in [-0.39, 0.29) is 11.7 Å². The number of anilines is 3. The van der Waals surface area contributed by atoms with E-state index in [0.717, 1.165) is 21.3 Å². The van der Waals surface area contributed by atoms with Gasteiger partial charge in [0.25, 0.3) is 0 Å². The summed E-state index contributed by atoms with van der Waals surface area (Å²) in [5.41, 5.74) is 3.84. The zero-order valence-corrected chi connectivity index (χ0v) is 18.2. The summed E-state index contributed by atoms with van der Waals surface area (Å²) >= 11 is 8.86. The zero-order valence-electron chi connectivity index (χ0n) is 15.8. The average Bonchev–Trinajstić information content (AvgIpc) is 3.11. The Kier molecular flexibility index (Phi) is 6.93. The molecule has 1 aromatic heterocycles. The first-order chi connectivity index (χ1) is 13.4. The van der Waals surface area contributed by atoms with Crippen molar-refractivity contribution in [2.45, 2.75) is 31.0 Å². The number of nitrogens with zero attached hydrogens (tertiary/aromatic N) is 2. The molecule has 0 unspecified atom stereocenters. The smallest absolute Gasteiger partial charge is 0.234 e. The molecule has 0 saturated carbocycles. The molecule has 0 atom stereocenters. The summed E-state index contributed by atoms with van der Waals surface area (Å²) in [4.78, 5) is 12.2. The van der Waals surface area contributed by atoms with Crippen molar-refractivity contribution >= 4 is 57.1 Å². The van der Waals surface area contributed by atoms with Gasteiger partial charge in [0.15, 0.2) is 4.34 Å². The van der Waals surface area contributed by atoms with Gasteiger partial charge >= 0.3 is 0 Å². The number of thioether (sulfide) groups is 1. The predicted molar refractivity (Wildman–Crippen MR) is 119 cm³/mol. The first-order valence-corrected chi connectivity index (χ1v) is 11.0. The van der Waals surface area contributed by atoms with Crippen LogP contribution in [0.15, 0.2) is 46.8 Å². The normalized spacial score (nSPS) is 10.9. The Balaban J connectivity index is 1.53. The number of rotatable bonds is 7. The van der Waals surface area contributed by atoms with Gasteiger partial charge in [-0.1, -0.05) is 66.7 Å². The molecule has 2 N–H and O–H groups in total. The van der Waals surface area contributed by atoms with Crippen LogP contribution < -0.4 is 10.6 Å². The van der Waals surface area contributed by atoms with Gasteiger partial charge in [-0.15, -0.1) is 10.2 Å². The van der Waals surface area contributed by atoms with Gasteiger partial charge in [-0.2, -0.15) is 0 Å². The van der Waals surface area contributed by atoms with Gasteiger partial charge in [-0.3, -0.25) is 4.79 Å². The molecule has 3 aromatic rings. The lowest BCUT2D eigenvalue weighted by molar-refractivity contribution is -0.113. The van der Waals surface area contributed by atoms with Gasteiger partial charge in [0.1, 0.15) is 0 Å². The Morgan fingerprint density at radius 1 is 1.18 bits per heavy atom. The summed E-state index contributed by atoms with van der Waals surface area (Å²) < 4.78 is 0.735. The van der Waals surface area contributed by atoms with E-state index in [2.05, 4.69) is 46.8 Å². The Bertz CT molecular complexity index is 957. The lowest BCUT2D eigenvalue weighted by atomic mass is 10.0. The second-order valence-electron chi connectivity index (χ2n) is 6.52. The topological polar surface area (TPSA) is 66.9 Å². The summed E-state index contributed by atoms with van der Waals surface area (Å²) in [5, 5.41) is 15.7. The average molecular weight is 433 g/mol. The van der Waals surface area contributed by atoms with Crippen molar-refractivity contribution in [2.24, 2.45) is 0 Å². The van der Waals surface area contributed by atoms with Crippen LogP contribution in [-0.4, -0.2) is 21.9 Å². The quantitative estimate of drug-likeness (QED) is 0.441. The maximum atomic E-state index is 12.2. The largest absolute Gasteiger partial charge is 0.330 e. The number of aromatic nitrogens is 2. The fourth-order valence-electron chi connectivity index (χ4n) is 2.45. The van der Waals surface area contributed by atoms with Crippen molar-refractivity contribution in [3.63, 3.8) is 0 Å². The van der Waals surface area contributed by atoms with Crippen LogP contribution in [0.5, 0.6) is 0 Å². The van der Waals surface area contributed by atoms with Crippen molar-refractivity contribution in [1.82, 2.24) is 10.2 Å². The standard InChI is InChI=1S/C20H21ClN4OS2/c1-12(2)14-7-9-15(10-8-14)22-19-24-25-20(28-19)27-11-18(26)23-17-6-4-5-16(21)13(17)3/h4-10,12H,11H2,1-3H3,(H,22,24)(H,23,26). The number of hydrogen-bond acceptors (Lipinski definition) is 6. The molecule has 2 aromatic carbocycles. The zero-order chi connectivity index (χ0) is 20.1. The van der Waals surface area contributed by atoms with E-state index in [1.54, 1.807) is 6.07 Å². The van der Waals surface area contributed by atoms with E-state index < -0.39 is 0 Å². The van der Waals surface area contributed by atoms with Crippen LogP contribution >= 0.6 is 34.7 Å². The molecule has 1 heterocycles. The second-order valence-corrected chi connectivity index (χ2v) is 9.13. The first kappa shape index (κ1) is 20.6. The summed E-state index contributed by atoms with van der Waals surface area (Å²) in [7, 11) is 0. The highest BCUT2D eigenvalue weighted by atomic mass is 35.5. The monoisotopic (exact) mass is 432 g/mol. The van der Waals surface area contributed by atoms with Crippen molar-refractivity contribution < 1.29 is 4.79 Å². The van der Waals surface area contributed by atoms with Gasteiger partial charge in [-0.25, -0.2) is 0 Å². The highest BCUT2D eigenvalue weighted by Crippen LogP contribution is 2.29. The van der Waals surface area contributed by atoms with Crippen LogP contribution in [0, 0.1) is 6.92 Å². The number of nitrogens with one attached hydrogen (secondary N) is 2. The molecule has 0 aliphatic heterocycles. The molecule has 146 valence electrons. The van der Waals surface area contributed by atoms with Crippen LogP contribution in [-0.2, 0) is 4.79 Å². The maximum absolute atomic E-state index is 12.2. The fraction of sp³-hybridized carbons (Fsp3) is 0.250. The molecule has 0 spiro atoms. The van der Waals surface area contributed by atoms with E-state index in [4.69, 9.17) is 11.6 Å². The third-order valence-corrected chi connectivity index (χ3v) is 6.49. The number of benzene rings is 2. The van der Waals surface area contributed by atoms with Gasteiger partial charge in [0.2, 0.25) is 11.0 Å². The third-order valence-electron chi connectivity index (χ3n) is 4.10.